The molecule has 1 N–H and O–H groups in total. The Balaban J connectivity index is 3.34. The molecule has 0 radical (unpaired) electrons. The fraction of sp³-hybridized carbons (Fsp3) is 0.222. The first-order chi connectivity index (χ1) is 7.45. The van der Waals surface area contributed by atoms with E-state index in [1.54, 1.807) is 0 Å². The van der Waals surface area contributed by atoms with E-state index in [1.807, 2.05) is 0 Å². The van der Waals surface area contributed by atoms with Gasteiger partial charge in [-0.15, -0.1) is 0 Å². The summed E-state index contributed by atoms with van der Waals surface area (Å²) in [6.45, 7) is 0. The molecule has 0 aliphatic carbocycles. The molecule has 86 valence electrons. The molecule has 0 aliphatic heterocycles. The Bertz CT molecular complexity index is 449. The molecular formula is C9H7BrFNO4. The van der Waals surface area contributed by atoms with Gasteiger partial charge in [-0.1, -0.05) is 15.9 Å². The zero-order valence-corrected chi connectivity index (χ0v) is 9.53. The zero-order valence-electron chi connectivity index (χ0n) is 7.94. The highest BCUT2D eigenvalue weighted by Gasteiger charge is 2.22. The summed E-state index contributed by atoms with van der Waals surface area (Å²) in [6, 6.07) is 2.32. The quantitative estimate of drug-likeness (QED) is 0.524. The van der Waals surface area contributed by atoms with E-state index in [-0.39, 0.29) is 5.56 Å². The Hall–Kier alpha value is -1.50. The van der Waals surface area contributed by atoms with Crippen LogP contribution in [0.4, 0.5) is 10.1 Å². The maximum Gasteiger partial charge on any atom is 0.308 e. The largest absolute Gasteiger partial charge is 0.481 e. The molecular weight excluding hydrogens is 285 g/mol. The van der Waals surface area contributed by atoms with Gasteiger partial charge in [0, 0.05) is 10.9 Å². The molecule has 1 aromatic carbocycles. The standard InChI is InChI=1S/C9H7BrFNO4/c10-4-5-1-6(3-8(13)14)9(12(15)16)7(11)2-5/h1-2H,3-4H2,(H,13,14). The summed E-state index contributed by atoms with van der Waals surface area (Å²) >= 11 is 3.07. The van der Waals surface area contributed by atoms with Crippen LogP contribution in [-0.4, -0.2) is 16.0 Å². The molecule has 0 unspecified atom stereocenters. The second-order valence-electron chi connectivity index (χ2n) is 3.05. The van der Waals surface area contributed by atoms with E-state index in [9.17, 15) is 19.3 Å². The van der Waals surface area contributed by atoms with Crippen molar-refractivity contribution in [2.45, 2.75) is 11.8 Å². The van der Waals surface area contributed by atoms with Crippen molar-refractivity contribution >= 4 is 27.6 Å². The number of alkyl halides is 1. The van der Waals surface area contributed by atoms with Gasteiger partial charge < -0.3 is 5.11 Å². The van der Waals surface area contributed by atoms with Gasteiger partial charge in [-0.25, -0.2) is 0 Å². The van der Waals surface area contributed by atoms with Crippen molar-refractivity contribution < 1.29 is 19.2 Å². The average Bonchev–Trinajstić information content (AvgIpc) is 2.14. The second-order valence-corrected chi connectivity index (χ2v) is 3.61. The third kappa shape index (κ3) is 2.75. The molecule has 0 aliphatic rings. The van der Waals surface area contributed by atoms with Gasteiger partial charge in [-0.2, -0.15) is 4.39 Å². The molecule has 7 heteroatoms. The fourth-order valence-corrected chi connectivity index (χ4v) is 1.62. The van der Waals surface area contributed by atoms with E-state index in [0.29, 0.717) is 10.9 Å². The Morgan fingerprint density at radius 3 is 2.62 bits per heavy atom. The fourth-order valence-electron chi connectivity index (χ4n) is 1.30. The van der Waals surface area contributed by atoms with Crippen molar-refractivity contribution in [1.82, 2.24) is 0 Å². The Morgan fingerprint density at radius 2 is 2.19 bits per heavy atom. The van der Waals surface area contributed by atoms with Gasteiger partial charge >= 0.3 is 11.7 Å². The van der Waals surface area contributed by atoms with E-state index >= 15 is 0 Å². The molecule has 1 rings (SSSR count). The van der Waals surface area contributed by atoms with E-state index in [2.05, 4.69) is 15.9 Å². The van der Waals surface area contributed by atoms with Crippen LogP contribution in [0.15, 0.2) is 12.1 Å². The topological polar surface area (TPSA) is 80.4 Å². The lowest BCUT2D eigenvalue weighted by molar-refractivity contribution is -0.388. The molecule has 0 spiro atoms. The van der Waals surface area contributed by atoms with Crippen LogP contribution in [0, 0.1) is 15.9 Å². The molecule has 1 aromatic rings. The number of aliphatic carboxylic acids is 1. The first kappa shape index (κ1) is 12.6. The summed E-state index contributed by atoms with van der Waals surface area (Å²) in [5.41, 5.74) is -0.446. The van der Waals surface area contributed by atoms with Crippen molar-refractivity contribution in [3.05, 3.63) is 39.2 Å². The van der Waals surface area contributed by atoms with Gasteiger partial charge in [0.05, 0.1) is 11.3 Å². The normalized spacial score (nSPS) is 10.1. The van der Waals surface area contributed by atoms with Gasteiger partial charge in [0.15, 0.2) is 0 Å². The van der Waals surface area contributed by atoms with Gasteiger partial charge in [-0.05, 0) is 17.7 Å². The predicted molar refractivity (Wildman–Crippen MR) is 57.0 cm³/mol. The van der Waals surface area contributed by atoms with Crippen molar-refractivity contribution in [1.29, 1.82) is 0 Å². The number of rotatable bonds is 4. The third-order valence-electron chi connectivity index (χ3n) is 1.88. The minimum absolute atomic E-state index is 0.132. The van der Waals surface area contributed by atoms with E-state index in [4.69, 9.17) is 5.11 Å². The highest BCUT2D eigenvalue weighted by molar-refractivity contribution is 9.08. The Morgan fingerprint density at radius 1 is 1.56 bits per heavy atom. The van der Waals surface area contributed by atoms with Crippen LogP contribution < -0.4 is 0 Å². The van der Waals surface area contributed by atoms with E-state index in [1.165, 1.54) is 6.07 Å². The molecule has 0 bridgehead atoms. The summed E-state index contributed by atoms with van der Waals surface area (Å²) in [5.74, 6) is -2.26. The highest BCUT2D eigenvalue weighted by Crippen LogP contribution is 2.26. The van der Waals surface area contributed by atoms with Crippen LogP contribution in [0.2, 0.25) is 0 Å². The SMILES string of the molecule is O=C(O)Cc1cc(CBr)cc(F)c1[N+](=O)[O-]. The summed E-state index contributed by atoms with van der Waals surface area (Å²) in [4.78, 5) is 20.2. The number of nitro benzene ring substituents is 1. The number of benzene rings is 1. The van der Waals surface area contributed by atoms with Crippen molar-refractivity contribution in [2.75, 3.05) is 0 Å². The predicted octanol–water partition coefficient (Wildman–Crippen LogP) is 2.26. The summed E-state index contributed by atoms with van der Waals surface area (Å²) in [6.07, 6.45) is -0.575. The summed E-state index contributed by atoms with van der Waals surface area (Å²) < 4.78 is 13.3. The monoisotopic (exact) mass is 291 g/mol. The van der Waals surface area contributed by atoms with Gasteiger partial charge in [-0.3, -0.25) is 14.9 Å². The van der Waals surface area contributed by atoms with Crippen molar-refractivity contribution in [2.24, 2.45) is 0 Å². The van der Waals surface area contributed by atoms with Crippen LogP contribution in [0.3, 0.4) is 0 Å². The lowest BCUT2D eigenvalue weighted by Gasteiger charge is -2.04. The second kappa shape index (κ2) is 5.02. The van der Waals surface area contributed by atoms with Gasteiger partial charge in [0.25, 0.3) is 0 Å². The van der Waals surface area contributed by atoms with Crippen LogP contribution in [-0.2, 0) is 16.5 Å². The third-order valence-corrected chi connectivity index (χ3v) is 2.53. The summed E-state index contributed by atoms with van der Waals surface area (Å²) in [7, 11) is 0. The number of nitro groups is 1. The van der Waals surface area contributed by atoms with E-state index < -0.39 is 28.8 Å². The number of carboxylic acid groups (broad SMARTS) is 1. The number of nitrogens with zero attached hydrogens (tertiary/aromatic N) is 1. The lowest BCUT2D eigenvalue weighted by Crippen LogP contribution is -2.06. The molecule has 0 fully saturated rings. The molecule has 0 heterocycles. The minimum Gasteiger partial charge on any atom is -0.481 e. The van der Waals surface area contributed by atoms with Crippen LogP contribution in [0.25, 0.3) is 0 Å². The number of carboxylic acids is 1. The minimum atomic E-state index is -1.24. The number of hydrogen-bond donors (Lipinski definition) is 1. The van der Waals surface area contributed by atoms with E-state index in [0.717, 1.165) is 6.07 Å². The average molecular weight is 292 g/mol. The smallest absolute Gasteiger partial charge is 0.308 e. The number of hydrogen-bond acceptors (Lipinski definition) is 3. The molecule has 16 heavy (non-hydrogen) atoms. The maximum absolute atomic E-state index is 13.3. The Labute approximate surface area is 98.2 Å². The zero-order chi connectivity index (χ0) is 12.3. The van der Waals surface area contributed by atoms with Gasteiger partial charge in [0.1, 0.15) is 0 Å². The number of halogens is 2. The molecule has 0 amide bonds. The number of carbonyl (C=O) groups is 1. The van der Waals surface area contributed by atoms with Crippen LogP contribution in [0.5, 0.6) is 0 Å². The highest BCUT2D eigenvalue weighted by atomic mass is 79.9. The summed E-state index contributed by atoms with van der Waals surface area (Å²) in [5, 5.41) is 19.5. The lowest BCUT2D eigenvalue weighted by atomic mass is 10.1. The molecule has 0 saturated carbocycles. The maximum atomic E-state index is 13.3. The molecule has 0 atom stereocenters. The van der Waals surface area contributed by atoms with Gasteiger partial charge in [0.2, 0.25) is 5.82 Å². The molecule has 0 saturated heterocycles. The van der Waals surface area contributed by atoms with Crippen molar-refractivity contribution in [3.63, 3.8) is 0 Å². The van der Waals surface area contributed by atoms with Crippen LogP contribution in [0.1, 0.15) is 11.1 Å². The molecule has 0 aromatic heterocycles. The Kier molecular flexibility index (Phi) is 3.94. The first-order valence-electron chi connectivity index (χ1n) is 4.19. The van der Waals surface area contributed by atoms with Crippen molar-refractivity contribution in [3.8, 4) is 0 Å². The van der Waals surface area contributed by atoms with Crippen LogP contribution >= 0.6 is 15.9 Å². The first-order valence-corrected chi connectivity index (χ1v) is 5.31. The molecule has 5 nitrogen and oxygen atoms in total.